The van der Waals surface area contributed by atoms with Crippen LogP contribution in [0.2, 0.25) is 5.02 Å². The Morgan fingerprint density at radius 2 is 2.36 bits per heavy atom. The molecule has 1 N–H and O–H groups in total. The highest BCUT2D eigenvalue weighted by atomic mass is 79.9. The van der Waals surface area contributed by atoms with Gasteiger partial charge in [-0.1, -0.05) is 33.6 Å². The van der Waals surface area contributed by atoms with Crippen LogP contribution >= 0.6 is 27.5 Å². The number of carbonyl (C=O) groups excluding carboxylic acids is 1. The number of carbonyl (C=O) groups is 1. The second-order valence-corrected chi connectivity index (χ2v) is 4.25. The number of alkyl carbamates (subject to hydrolysis) is 1. The maximum absolute atomic E-state index is 10.8. The molecule has 0 spiro atoms. The van der Waals surface area contributed by atoms with Gasteiger partial charge in [0, 0.05) is 9.50 Å². The summed E-state index contributed by atoms with van der Waals surface area (Å²) in [6.07, 6.45) is -0.378. The Hall–Kier alpha value is -0.740. The van der Waals surface area contributed by atoms with Gasteiger partial charge in [-0.2, -0.15) is 0 Å². The zero-order chi connectivity index (χ0) is 10.1. The topological polar surface area (TPSA) is 38.3 Å². The van der Waals surface area contributed by atoms with E-state index in [1.807, 2.05) is 6.07 Å². The number of ether oxygens (including phenoxy) is 1. The highest BCUT2D eigenvalue weighted by Gasteiger charge is 2.25. The number of nitrogens with one attached hydrogen (secondary N) is 1. The van der Waals surface area contributed by atoms with Crippen molar-refractivity contribution in [3.05, 3.63) is 33.3 Å². The predicted octanol–water partition coefficient (Wildman–Crippen LogP) is 2.88. The monoisotopic (exact) mass is 275 g/mol. The zero-order valence-electron chi connectivity index (χ0n) is 7.09. The SMILES string of the molecule is O=C1N[C@H](c2ccc(Cl)cc2Br)CO1. The molecule has 0 unspecified atom stereocenters. The average Bonchev–Trinajstić information content (AvgIpc) is 2.51. The standard InChI is InChI=1S/C9H7BrClNO2/c10-7-3-5(11)1-2-6(7)8-4-14-9(13)12-8/h1-3,8H,4H2,(H,12,13)/t8-/m0/s1. The van der Waals surface area contributed by atoms with E-state index in [1.165, 1.54) is 0 Å². The van der Waals surface area contributed by atoms with Crippen molar-refractivity contribution in [1.29, 1.82) is 0 Å². The first kappa shape index (κ1) is 9.80. The molecule has 14 heavy (non-hydrogen) atoms. The fourth-order valence-electron chi connectivity index (χ4n) is 1.34. The van der Waals surface area contributed by atoms with Crippen LogP contribution < -0.4 is 5.32 Å². The maximum Gasteiger partial charge on any atom is 0.407 e. The van der Waals surface area contributed by atoms with E-state index in [-0.39, 0.29) is 12.1 Å². The van der Waals surface area contributed by atoms with Gasteiger partial charge in [-0.25, -0.2) is 4.79 Å². The molecule has 0 saturated carbocycles. The van der Waals surface area contributed by atoms with Crippen molar-refractivity contribution in [2.45, 2.75) is 6.04 Å². The molecule has 1 atom stereocenters. The van der Waals surface area contributed by atoms with Crippen molar-refractivity contribution in [2.75, 3.05) is 6.61 Å². The average molecular weight is 277 g/mol. The minimum atomic E-state index is -0.378. The Morgan fingerprint density at radius 3 is 2.93 bits per heavy atom. The molecule has 0 bridgehead atoms. The van der Waals surface area contributed by atoms with Crippen molar-refractivity contribution < 1.29 is 9.53 Å². The van der Waals surface area contributed by atoms with Gasteiger partial charge in [0.2, 0.25) is 0 Å². The second-order valence-electron chi connectivity index (χ2n) is 2.96. The molecule has 1 fully saturated rings. The third-order valence-corrected chi connectivity index (χ3v) is 2.93. The van der Waals surface area contributed by atoms with Crippen molar-refractivity contribution in [1.82, 2.24) is 5.32 Å². The van der Waals surface area contributed by atoms with Crippen LogP contribution in [0.3, 0.4) is 0 Å². The van der Waals surface area contributed by atoms with Crippen molar-refractivity contribution in [2.24, 2.45) is 0 Å². The molecule has 1 aliphatic heterocycles. The van der Waals surface area contributed by atoms with Crippen molar-refractivity contribution in [3.8, 4) is 0 Å². The molecule has 0 aliphatic carbocycles. The molecule has 1 aromatic rings. The van der Waals surface area contributed by atoms with Crippen LogP contribution in [0.1, 0.15) is 11.6 Å². The fraction of sp³-hybridized carbons (Fsp3) is 0.222. The van der Waals surface area contributed by atoms with Gasteiger partial charge in [0.1, 0.15) is 6.61 Å². The predicted molar refractivity (Wildman–Crippen MR) is 56.4 cm³/mol. The Kier molecular flexibility index (Phi) is 2.65. The van der Waals surface area contributed by atoms with Crippen LogP contribution in [0, 0.1) is 0 Å². The van der Waals surface area contributed by atoms with E-state index >= 15 is 0 Å². The maximum atomic E-state index is 10.8. The van der Waals surface area contributed by atoms with Gasteiger partial charge in [0.25, 0.3) is 0 Å². The Bertz CT molecular complexity index is 383. The van der Waals surface area contributed by atoms with Gasteiger partial charge in [-0.3, -0.25) is 0 Å². The number of hydrogen-bond donors (Lipinski definition) is 1. The van der Waals surface area contributed by atoms with E-state index in [0.29, 0.717) is 11.6 Å². The number of cyclic esters (lactones) is 1. The number of hydrogen-bond acceptors (Lipinski definition) is 2. The summed E-state index contributed by atoms with van der Waals surface area (Å²) in [6, 6.07) is 5.36. The van der Waals surface area contributed by atoms with Crippen molar-refractivity contribution >= 4 is 33.6 Å². The van der Waals surface area contributed by atoms with Crippen LogP contribution in [-0.2, 0) is 4.74 Å². The largest absolute Gasteiger partial charge is 0.447 e. The van der Waals surface area contributed by atoms with Gasteiger partial charge in [-0.15, -0.1) is 0 Å². The van der Waals surface area contributed by atoms with E-state index in [9.17, 15) is 4.79 Å². The molecule has 1 aromatic carbocycles. The first-order chi connectivity index (χ1) is 6.66. The highest BCUT2D eigenvalue weighted by molar-refractivity contribution is 9.10. The van der Waals surface area contributed by atoms with E-state index in [0.717, 1.165) is 10.0 Å². The van der Waals surface area contributed by atoms with Gasteiger partial charge in [0.05, 0.1) is 6.04 Å². The lowest BCUT2D eigenvalue weighted by molar-refractivity contribution is 0.177. The van der Waals surface area contributed by atoms with Crippen LogP contribution in [0.4, 0.5) is 4.79 Å². The van der Waals surface area contributed by atoms with Crippen LogP contribution in [0.25, 0.3) is 0 Å². The molecule has 1 amide bonds. The molecule has 0 aromatic heterocycles. The lowest BCUT2D eigenvalue weighted by Gasteiger charge is -2.09. The van der Waals surface area contributed by atoms with E-state index in [2.05, 4.69) is 21.2 Å². The number of halogens is 2. The lowest BCUT2D eigenvalue weighted by atomic mass is 10.1. The minimum Gasteiger partial charge on any atom is -0.447 e. The molecule has 5 heteroatoms. The van der Waals surface area contributed by atoms with Crippen LogP contribution in [-0.4, -0.2) is 12.7 Å². The van der Waals surface area contributed by atoms with Gasteiger partial charge >= 0.3 is 6.09 Å². The number of benzene rings is 1. The first-order valence-corrected chi connectivity index (χ1v) is 5.22. The fourth-order valence-corrected chi connectivity index (χ4v) is 2.30. The second kappa shape index (κ2) is 3.79. The summed E-state index contributed by atoms with van der Waals surface area (Å²) < 4.78 is 5.68. The summed E-state index contributed by atoms with van der Waals surface area (Å²) in [7, 11) is 0. The highest BCUT2D eigenvalue weighted by Crippen LogP contribution is 2.28. The summed E-state index contributed by atoms with van der Waals surface area (Å²) in [6.45, 7) is 0.360. The van der Waals surface area contributed by atoms with Crippen molar-refractivity contribution in [3.63, 3.8) is 0 Å². The number of rotatable bonds is 1. The van der Waals surface area contributed by atoms with Crippen LogP contribution in [0.5, 0.6) is 0 Å². The summed E-state index contributed by atoms with van der Waals surface area (Å²) >= 11 is 9.19. The van der Waals surface area contributed by atoms with E-state index in [4.69, 9.17) is 16.3 Å². The van der Waals surface area contributed by atoms with Gasteiger partial charge in [-0.05, 0) is 17.7 Å². The Labute approximate surface area is 94.5 Å². The van der Waals surface area contributed by atoms with Gasteiger partial charge in [0.15, 0.2) is 0 Å². The molecule has 2 rings (SSSR count). The molecular formula is C9H7BrClNO2. The molecular weight excluding hydrogens is 269 g/mol. The Balaban J connectivity index is 2.28. The normalized spacial score (nSPS) is 20.4. The lowest BCUT2D eigenvalue weighted by Crippen LogP contribution is -2.18. The molecule has 1 saturated heterocycles. The summed E-state index contributed by atoms with van der Waals surface area (Å²) in [4.78, 5) is 10.8. The van der Waals surface area contributed by atoms with Gasteiger partial charge < -0.3 is 10.1 Å². The number of amides is 1. The molecule has 3 nitrogen and oxygen atoms in total. The molecule has 1 aliphatic rings. The molecule has 1 heterocycles. The van der Waals surface area contributed by atoms with Crippen LogP contribution in [0.15, 0.2) is 22.7 Å². The summed E-state index contributed by atoms with van der Waals surface area (Å²) in [5.41, 5.74) is 0.972. The zero-order valence-corrected chi connectivity index (χ0v) is 9.43. The molecule has 0 radical (unpaired) electrons. The summed E-state index contributed by atoms with van der Waals surface area (Å²) in [5, 5.41) is 3.35. The smallest absolute Gasteiger partial charge is 0.407 e. The summed E-state index contributed by atoms with van der Waals surface area (Å²) in [5.74, 6) is 0. The van der Waals surface area contributed by atoms with E-state index in [1.54, 1.807) is 12.1 Å². The van der Waals surface area contributed by atoms with E-state index < -0.39 is 0 Å². The third kappa shape index (κ3) is 1.86. The Morgan fingerprint density at radius 1 is 1.57 bits per heavy atom. The quantitative estimate of drug-likeness (QED) is 0.856. The first-order valence-electron chi connectivity index (χ1n) is 4.05. The third-order valence-electron chi connectivity index (χ3n) is 2.01. The molecule has 74 valence electrons. The minimum absolute atomic E-state index is 0.0888.